The zero-order valence-corrected chi connectivity index (χ0v) is 10.7. The molecule has 90 valence electrons. The molecule has 2 atom stereocenters. The molecule has 0 amide bonds. The minimum Gasteiger partial charge on any atom is -0.312 e. The van der Waals surface area contributed by atoms with Gasteiger partial charge in [0.2, 0.25) is 0 Å². The van der Waals surface area contributed by atoms with Crippen LogP contribution in [0.2, 0.25) is 0 Å². The summed E-state index contributed by atoms with van der Waals surface area (Å²) < 4.78 is 3.04. The highest BCUT2D eigenvalue weighted by molar-refractivity contribution is 7.13. The van der Waals surface area contributed by atoms with Crippen LogP contribution in [0.3, 0.4) is 0 Å². The molecule has 0 saturated carbocycles. The highest BCUT2D eigenvalue weighted by Gasteiger charge is 2.21. The maximum atomic E-state index is 12.3. The first-order chi connectivity index (χ1) is 8.25. The fourth-order valence-corrected chi connectivity index (χ4v) is 3.53. The third-order valence-electron chi connectivity index (χ3n) is 3.48. The first-order valence-electron chi connectivity index (χ1n) is 6.09. The van der Waals surface area contributed by atoms with E-state index in [0.717, 1.165) is 29.5 Å². The number of aromatic nitrogens is 1. The van der Waals surface area contributed by atoms with Gasteiger partial charge in [0.1, 0.15) is 0 Å². The van der Waals surface area contributed by atoms with E-state index in [4.69, 9.17) is 0 Å². The SMILES string of the molecule is CC1CCC(n2sc3ccccc3c2=O)CN1. The second kappa shape index (κ2) is 4.27. The van der Waals surface area contributed by atoms with Crippen molar-refractivity contribution in [3.8, 4) is 0 Å². The lowest BCUT2D eigenvalue weighted by Gasteiger charge is -2.27. The van der Waals surface area contributed by atoms with E-state index in [9.17, 15) is 4.79 Å². The molecule has 0 aliphatic carbocycles. The lowest BCUT2D eigenvalue weighted by atomic mass is 10.0. The second-order valence-electron chi connectivity index (χ2n) is 4.76. The lowest BCUT2D eigenvalue weighted by molar-refractivity contribution is 0.330. The van der Waals surface area contributed by atoms with E-state index in [1.54, 1.807) is 11.5 Å². The fraction of sp³-hybridized carbons (Fsp3) is 0.462. The van der Waals surface area contributed by atoms with Crippen molar-refractivity contribution >= 4 is 21.6 Å². The van der Waals surface area contributed by atoms with Crippen LogP contribution in [-0.2, 0) is 0 Å². The van der Waals surface area contributed by atoms with Gasteiger partial charge in [-0.25, -0.2) is 0 Å². The van der Waals surface area contributed by atoms with E-state index in [1.807, 2.05) is 28.2 Å². The molecule has 0 spiro atoms. The summed E-state index contributed by atoms with van der Waals surface area (Å²) >= 11 is 1.60. The maximum absolute atomic E-state index is 12.3. The molecule has 0 bridgehead atoms. The van der Waals surface area contributed by atoms with Gasteiger partial charge in [0.15, 0.2) is 0 Å². The van der Waals surface area contributed by atoms with Gasteiger partial charge in [0, 0.05) is 12.6 Å². The Balaban J connectivity index is 2.00. The molecular formula is C13H16N2OS. The van der Waals surface area contributed by atoms with Gasteiger partial charge in [-0.2, -0.15) is 0 Å². The van der Waals surface area contributed by atoms with Crippen molar-refractivity contribution < 1.29 is 0 Å². The van der Waals surface area contributed by atoms with E-state index < -0.39 is 0 Å². The third kappa shape index (κ3) is 1.91. The quantitative estimate of drug-likeness (QED) is 0.840. The largest absolute Gasteiger partial charge is 0.312 e. The van der Waals surface area contributed by atoms with Crippen molar-refractivity contribution in [1.82, 2.24) is 9.27 Å². The summed E-state index contributed by atoms with van der Waals surface area (Å²) in [5, 5.41) is 4.31. The van der Waals surface area contributed by atoms with Gasteiger partial charge < -0.3 is 5.32 Å². The molecule has 1 aliphatic heterocycles. The molecule has 0 radical (unpaired) electrons. The van der Waals surface area contributed by atoms with Crippen LogP contribution in [-0.4, -0.2) is 16.5 Å². The molecule has 1 N–H and O–H groups in total. The number of hydrogen-bond donors (Lipinski definition) is 1. The van der Waals surface area contributed by atoms with Crippen molar-refractivity contribution in [2.24, 2.45) is 0 Å². The van der Waals surface area contributed by atoms with Gasteiger partial charge in [-0.05, 0) is 31.9 Å². The molecule has 3 nitrogen and oxygen atoms in total. The van der Waals surface area contributed by atoms with E-state index in [0.29, 0.717) is 12.1 Å². The molecule has 2 heterocycles. The smallest absolute Gasteiger partial charge is 0.268 e. The van der Waals surface area contributed by atoms with Crippen LogP contribution in [0.1, 0.15) is 25.8 Å². The van der Waals surface area contributed by atoms with Gasteiger partial charge in [-0.3, -0.25) is 8.75 Å². The molecule has 17 heavy (non-hydrogen) atoms. The van der Waals surface area contributed by atoms with Crippen LogP contribution in [0.25, 0.3) is 10.1 Å². The molecule has 1 saturated heterocycles. The molecule has 4 heteroatoms. The predicted molar refractivity (Wildman–Crippen MR) is 71.8 cm³/mol. The summed E-state index contributed by atoms with van der Waals surface area (Å²) in [6.45, 7) is 3.11. The molecule has 1 fully saturated rings. The van der Waals surface area contributed by atoms with Crippen molar-refractivity contribution in [3.63, 3.8) is 0 Å². The Morgan fingerprint density at radius 2 is 2.18 bits per heavy atom. The number of nitrogens with one attached hydrogen (secondary N) is 1. The number of piperidine rings is 1. The van der Waals surface area contributed by atoms with Gasteiger partial charge in [0.25, 0.3) is 5.56 Å². The van der Waals surface area contributed by atoms with Gasteiger partial charge in [-0.15, -0.1) is 0 Å². The average molecular weight is 248 g/mol. The standard InChI is InChI=1S/C13H16N2OS/c1-9-6-7-10(8-14-9)15-13(16)11-4-2-3-5-12(11)17-15/h2-5,9-10,14H,6-8H2,1H3. The van der Waals surface area contributed by atoms with Gasteiger partial charge in [-0.1, -0.05) is 23.7 Å². The summed E-state index contributed by atoms with van der Waals surface area (Å²) in [5.74, 6) is 0. The number of rotatable bonds is 1. The molecular weight excluding hydrogens is 232 g/mol. The summed E-state index contributed by atoms with van der Waals surface area (Å²) in [7, 11) is 0. The van der Waals surface area contributed by atoms with E-state index in [2.05, 4.69) is 12.2 Å². The summed E-state index contributed by atoms with van der Waals surface area (Å²) in [6, 6.07) is 8.78. The Morgan fingerprint density at radius 1 is 1.35 bits per heavy atom. The summed E-state index contributed by atoms with van der Waals surface area (Å²) in [5.41, 5.74) is 0.173. The Bertz CT molecular complexity index is 578. The molecule has 3 rings (SSSR count). The number of nitrogens with zero attached hydrogens (tertiary/aromatic N) is 1. The normalized spacial score (nSPS) is 25.2. The Labute approximate surface area is 104 Å². The number of benzene rings is 1. The molecule has 1 aromatic carbocycles. The van der Waals surface area contributed by atoms with Gasteiger partial charge >= 0.3 is 0 Å². The van der Waals surface area contributed by atoms with Crippen LogP contribution in [0.4, 0.5) is 0 Å². The first kappa shape index (κ1) is 11.0. The zero-order valence-electron chi connectivity index (χ0n) is 9.85. The van der Waals surface area contributed by atoms with E-state index in [-0.39, 0.29) is 5.56 Å². The van der Waals surface area contributed by atoms with Crippen LogP contribution >= 0.6 is 11.5 Å². The van der Waals surface area contributed by atoms with Crippen LogP contribution < -0.4 is 10.9 Å². The second-order valence-corrected chi connectivity index (χ2v) is 5.77. The summed E-state index contributed by atoms with van der Waals surface area (Å²) in [4.78, 5) is 12.3. The zero-order chi connectivity index (χ0) is 11.8. The van der Waals surface area contributed by atoms with Crippen LogP contribution in [0.5, 0.6) is 0 Å². The summed E-state index contributed by atoms with van der Waals surface area (Å²) in [6.07, 6.45) is 2.24. The first-order valence-corrected chi connectivity index (χ1v) is 6.87. The number of hydrogen-bond acceptors (Lipinski definition) is 3. The van der Waals surface area contributed by atoms with Crippen LogP contribution in [0, 0.1) is 0 Å². The van der Waals surface area contributed by atoms with Crippen LogP contribution in [0.15, 0.2) is 29.1 Å². The molecule has 2 aromatic rings. The number of fused-ring (bicyclic) bond motifs is 1. The highest BCUT2D eigenvalue weighted by Crippen LogP contribution is 2.24. The van der Waals surface area contributed by atoms with Crippen molar-refractivity contribution in [2.45, 2.75) is 31.8 Å². The molecule has 1 aromatic heterocycles. The molecule has 2 unspecified atom stereocenters. The predicted octanol–water partition coefficient (Wildman–Crippen LogP) is 2.38. The van der Waals surface area contributed by atoms with E-state index >= 15 is 0 Å². The minimum atomic E-state index is 0.173. The monoisotopic (exact) mass is 248 g/mol. The van der Waals surface area contributed by atoms with E-state index in [1.165, 1.54) is 0 Å². The third-order valence-corrected chi connectivity index (χ3v) is 4.69. The Morgan fingerprint density at radius 3 is 2.88 bits per heavy atom. The maximum Gasteiger partial charge on any atom is 0.268 e. The van der Waals surface area contributed by atoms with Crippen molar-refractivity contribution in [3.05, 3.63) is 34.6 Å². The average Bonchev–Trinajstić information content (AvgIpc) is 2.69. The Kier molecular flexibility index (Phi) is 2.76. The fourth-order valence-electron chi connectivity index (χ4n) is 2.41. The topological polar surface area (TPSA) is 34.0 Å². The van der Waals surface area contributed by atoms with Crippen molar-refractivity contribution in [2.75, 3.05) is 6.54 Å². The highest BCUT2D eigenvalue weighted by atomic mass is 32.1. The lowest BCUT2D eigenvalue weighted by Crippen LogP contribution is -2.39. The Hall–Kier alpha value is -1.13. The minimum absolute atomic E-state index is 0.173. The van der Waals surface area contributed by atoms with Crippen molar-refractivity contribution in [1.29, 1.82) is 0 Å². The molecule has 1 aliphatic rings. The van der Waals surface area contributed by atoms with Gasteiger partial charge in [0.05, 0.1) is 16.1 Å².